The Bertz CT molecular complexity index is 702. The molecule has 0 amide bonds. The molecule has 1 aromatic heterocycles. The molecule has 0 unspecified atom stereocenters. The zero-order chi connectivity index (χ0) is 15.6. The third-order valence-corrected chi connectivity index (χ3v) is 3.66. The van der Waals surface area contributed by atoms with Gasteiger partial charge in [0.25, 0.3) is 5.56 Å². The highest BCUT2D eigenvalue weighted by Gasteiger charge is 2.17. The van der Waals surface area contributed by atoms with Crippen molar-refractivity contribution < 1.29 is 14.6 Å². The number of aromatic hydroxyl groups is 1. The Balaban J connectivity index is 2.48. The second-order valence-corrected chi connectivity index (χ2v) is 4.83. The van der Waals surface area contributed by atoms with Gasteiger partial charge in [-0.15, -0.1) is 0 Å². The van der Waals surface area contributed by atoms with Crippen LogP contribution in [0.25, 0.3) is 0 Å². The first-order chi connectivity index (χ1) is 9.99. The van der Waals surface area contributed by atoms with Crippen LogP contribution in [0.2, 0.25) is 0 Å². The van der Waals surface area contributed by atoms with E-state index >= 15 is 0 Å². The van der Waals surface area contributed by atoms with Crippen LogP contribution in [-0.4, -0.2) is 23.9 Å². The lowest BCUT2D eigenvalue weighted by atomic mass is 10.1. The number of ether oxygens (including phenoxy) is 2. The van der Waals surface area contributed by atoms with Gasteiger partial charge in [-0.25, -0.2) is 0 Å². The van der Waals surface area contributed by atoms with Crippen molar-refractivity contribution >= 4 is 0 Å². The van der Waals surface area contributed by atoms with Gasteiger partial charge in [-0.1, -0.05) is 12.1 Å². The minimum Gasteiger partial charge on any atom is -0.504 e. The summed E-state index contributed by atoms with van der Waals surface area (Å²) in [7, 11) is 2.99. The van der Waals surface area contributed by atoms with E-state index in [0.29, 0.717) is 17.8 Å². The van der Waals surface area contributed by atoms with Gasteiger partial charge < -0.3 is 19.1 Å². The molecule has 5 nitrogen and oxygen atoms in total. The summed E-state index contributed by atoms with van der Waals surface area (Å²) in [5, 5.41) is 9.96. The molecule has 0 bridgehead atoms. The van der Waals surface area contributed by atoms with Gasteiger partial charge in [-0.05, 0) is 31.5 Å². The molecule has 0 aliphatic heterocycles. The highest BCUT2D eigenvalue weighted by molar-refractivity contribution is 5.46. The molecular weight excluding hydrogens is 270 g/mol. The van der Waals surface area contributed by atoms with Crippen molar-refractivity contribution in [2.24, 2.45) is 0 Å². The van der Waals surface area contributed by atoms with Crippen LogP contribution >= 0.6 is 0 Å². The van der Waals surface area contributed by atoms with E-state index in [2.05, 4.69) is 0 Å². The summed E-state index contributed by atoms with van der Waals surface area (Å²) in [6.07, 6.45) is 0. The zero-order valence-corrected chi connectivity index (χ0v) is 12.6. The first-order valence-electron chi connectivity index (χ1n) is 6.59. The first-order valence-corrected chi connectivity index (χ1v) is 6.59. The third kappa shape index (κ3) is 2.72. The fourth-order valence-electron chi connectivity index (χ4n) is 2.21. The van der Waals surface area contributed by atoms with Gasteiger partial charge in [-0.2, -0.15) is 0 Å². The molecule has 0 spiro atoms. The number of pyridine rings is 1. The van der Waals surface area contributed by atoms with E-state index in [9.17, 15) is 9.90 Å². The largest absolute Gasteiger partial charge is 0.504 e. The van der Waals surface area contributed by atoms with Gasteiger partial charge >= 0.3 is 0 Å². The van der Waals surface area contributed by atoms with Crippen molar-refractivity contribution in [2.75, 3.05) is 14.2 Å². The number of rotatable bonds is 4. The predicted molar refractivity (Wildman–Crippen MR) is 80.5 cm³/mol. The Hall–Kier alpha value is -2.43. The summed E-state index contributed by atoms with van der Waals surface area (Å²) >= 11 is 0. The second-order valence-electron chi connectivity index (χ2n) is 4.83. The van der Waals surface area contributed by atoms with Crippen molar-refractivity contribution in [3.63, 3.8) is 0 Å². The summed E-state index contributed by atoms with van der Waals surface area (Å²) < 4.78 is 11.7. The minimum absolute atomic E-state index is 0.0217. The van der Waals surface area contributed by atoms with Crippen molar-refractivity contribution in [1.29, 1.82) is 0 Å². The number of methoxy groups -OCH3 is 2. The topological polar surface area (TPSA) is 60.7 Å². The smallest absolute Gasteiger partial charge is 0.297 e. The quantitative estimate of drug-likeness (QED) is 0.937. The van der Waals surface area contributed by atoms with Crippen LogP contribution in [0.5, 0.6) is 17.2 Å². The minimum atomic E-state index is -0.339. The van der Waals surface area contributed by atoms with Crippen molar-refractivity contribution in [1.82, 2.24) is 4.57 Å². The molecule has 0 fully saturated rings. The molecule has 0 atom stereocenters. The Morgan fingerprint density at radius 3 is 2.24 bits per heavy atom. The molecule has 1 heterocycles. The second kappa shape index (κ2) is 5.91. The molecule has 112 valence electrons. The standard InChI is InChI=1S/C16H19NO4/c1-10-11(2)17(16(19)15(21-4)14(10)18)9-12-5-7-13(20-3)8-6-12/h5-8,18H,9H2,1-4H3. The predicted octanol–water partition coefficient (Wildman–Crippen LogP) is 2.24. The highest BCUT2D eigenvalue weighted by atomic mass is 16.5. The van der Waals surface area contributed by atoms with Crippen molar-refractivity contribution in [3.8, 4) is 17.2 Å². The zero-order valence-electron chi connectivity index (χ0n) is 12.6. The van der Waals surface area contributed by atoms with Crippen LogP contribution in [0.4, 0.5) is 0 Å². The molecule has 5 heteroatoms. The molecule has 2 aromatic rings. The molecule has 0 saturated carbocycles. The maximum Gasteiger partial charge on any atom is 0.297 e. The lowest BCUT2D eigenvalue weighted by Gasteiger charge is -2.16. The van der Waals surface area contributed by atoms with E-state index in [4.69, 9.17) is 9.47 Å². The summed E-state index contributed by atoms with van der Waals surface area (Å²) in [5.41, 5.74) is 1.98. The fraction of sp³-hybridized carbons (Fsp3) is 0.312. The molecule has 1 aromatic carbocycles. The first kappa shape index (κ1) is 15.0. The summed E-state index contributed by atoms with van der Waals surface area (Å²) in [6.45, 7) is 3.97. The van der Waals surface area contributed by atoms with Gasteiger partial charge in [0.05, 0.1) is 20.8 Å². The van der Waals surface area contributed by atoms with E-state index in [0.717, 1.165) is 11.3 Å². The Morgan fingerprint density at radius 2 is 1.71 bits per heavy atom. The van der Waals surface area contributed by atoms with Crippen molar-refractivity contribution in [3.05, 3.63) is 51.4 Å². The van der Waals surface area contributed by atoms with E-state index in [1.165, 1.54) is 7.11 Å². The number of nitrogens with zero attached hydrogens (tertiary/aromatic N) is 1. The number of aromatic nitrogens is 1. The Labute approximate surface area is 123 Å². The van der Waals surface area contributed by atoms with Crippen molar-refractivity contribution in [2.45, 2.75) is 20.4 Å². The summed E-state index contributed by atoms with van der Waals surface area (Å²) in [5.74, 6) is 0.653. The number of benzene rings is 1. The highest BCUT2D eigenvalue weighted by Crippen LogP contribution is 2.28. The Morgan fingerprint density at radius 1 is 1.10 bits per heavy atom. The molecule has 2 rings (SSSR count). The maximum absolute atomic E-state index is 12.4. The third-order valence-electron chi connectivity index (χ3n) is 3.66. The van der Waals surface area contributed by atoms with Gasteiger partial charge in [0, 0.05) is 11.3 Å². The lowest BCUT2D eigenvalue weighted by molar-refractivity contribution is 0.360. The van der Waals surface area contributed by atoms with Gasteiger partial charge in [0.1, 0.15) is 5.75 Å². The molecule has 0 aliphatic rings. The Kier molecular flexibility index (Phi) is 4.21. The average Bonchev–Trinajstić information content (AvgIpc) is 2.51. The SMILES string of the molecule is COc1ccc(Cn2c(C)c(C)c(O)c(OC)c2=O)cc1. The molecular formula is C16H19NO4. The average molecular weight is 289 g/mol. The lowest BCUT2D eigenvalue weighted by Crippen LogP contribution is -2.25. The van der Waals surface area contributed by atoms with Crippen LogP contribution in [0.15, 0.2) is 29.1 Å². The van der Waals surface area contributed by atoms with E-state index in [-0.39, 0.29) is 17.1 Å². The van der Waals surface area contributed by atoms with Gasteiger partial charge in [-0.3, -0.25) is 4.79 Å². The van der Waals surface area contributed by atoms with E-state index in [1.54, 1.807) is 25.5 Å². The summed E-state index contributed by atoms with van der Waals surface area (Å²) in [6, 6.07) is 7.50. The van der Waals surface area contributed by atoms with Crippen LogP contribution in [0, 0.1) is 13.8 Å². The molecule has 21 heavy (non-hydrogen) atoms. The van der Waals surface area contributed by atoms with Gasteiger partial charge in [0.15, 0.2) is 5.75 Å². The maximum atomic E-state index is 12.4. The molecule has 0 saturated heterocycles. The number of hydrogen-bond donors (Lipinski definition) is 1. The molecule has 0 radical (unpaired) electrons. The van der Waals surface area contributed by atoms with E-state index in [1.807, 2.05) is 24.3 Å². The van der Waals surface area contributed by atoms with Crippen LogP contribution in [0.1, 0.15) is 16.8 Å². The number of hydrogen-bond acceptors (Lipinski definition) is 4. The monoisotopic (exact) mass is 289 g/mol. The molecule has 1 N–H and O–H groups in total. The summed E-state index contributed by atoms with van der Waals surface area (Å²) in [4.78, 5) is 12.4. The van der Waals surface area contributed by atoms with Crippen LogP contribution < -0.4 is 15.0 Å². The van der Waals surface area contributed by atoms with Crippen LogP contribution in [0.3, 0.4) is 0 Å². The van der Waals surface area contributed by atoms with E-state index < -0.39 is 0 Å². The fourth-order valence-corrected chi connectivity index (χ4v) is 2.21. The normalized spacial score (nSPS) is 10.5. The molecule has 0 aliphatic carbocycles. The van der Waals surface area contributed by atoms with Gasteiger partial charge in [0.2, 0.25) is 5.75 Å². The van der Waals surface area contributed by atoms with Crippen LogP contribution in [-0.2, 0) is 6.54 Å².